The number of halogens is 3. The first-order valence-corrected chi connectivity index (χ1v) is 10.2. The highest BCUT2D eigenvalue weighted by Crippen LogP contribution is 2.33. The normalized spacial score (nSPS) is 14.2. The van der Waals surface area contributed by atoms with Crippen molar-refractivity contribution in [3.8, 4) is 5.69 Å². The van der Waals surface area contributed by atoms with E-state index in [9.17, 15) is 22.8 Å². The van der Waals surface area contributed by atoms with Gasteiger partial charge in [-0.15, -0.1) is 0 Å². The summed E-state index contributed by atoms with van der Waals surface area (Å²) in [7, 11) is 0. The Hall–Kier alpha value is -3.62. The van der Waals surface area contributed by atoms with Gasteiger partial charge in [0, 0.05) is 12.6 Å². The van der Waals surface area contributed by atoms with E-state index in [-0.39, 0.29) is 23.8 Å². The third-order valence-corrected chi connectivity index (χ3v) is 5.66. The highest BCUT2D eigenvalue weighted by atomic mass is 19.4. The third-order valence-electron chi connectivity index (χ3n) is 5.66. The number of aromatic nitrogens is 4. The monoisotopic (exact) mass is 440 g/mol. The van der Waals surface area contributed by atoms with Gasteiger partial charge in [0.15, 0.2) is 11.2 Å². The SMILES string of the molecule is Cc1cccc(-n2c(=O)n(C3CC3)c(=O)c3c2ncn3Cc2ccc(C(F)(F)F)cc2)c1. The molecule has 0 amide bonds. The first-order chi connectivity index (χ1) is 15.2. The smallest absolute Gasteiger partial charge is 0.320 e. The van der Waals surface area contributed by atoms with Crippen molar-refractivity contribution in [3.63, 3.8) is 0 Å². The summed E-state index contributed by atoms with van der Waals surface area (Å²) in [5.41, 5.74) is 1.03. The van der Waals surface area contributed by atoms with Crippen molar-refractivity contribution in [2.45, 2.75) is 38.5 Å². The highest BCUT2D eigenvalue weighted by Gasteiger charge is 2.31. The van der Waals surface area contributed by atoms with Gasteiger partial charge in [-0.25, -0.2) is 14.3 Å². The van der Waals surface area contributed by atoms with E-state index in [1.54, 1.807) is 10.6 Å². The van der Waals surface area contributed by atoms with Gasteiger partial charge in [-0.05, 0) is 55.2 Å². The molecule has 1 saturated carbocycles. The lowest BCUT2D eigenvalue weighted by atomic mass is 10.1. The molecule has 164 valence electrons. The molecule has 2 heterocycles. The second-order valence-corrected chi connectivity index (χ2v) is 8.10. The maximum atomic E-state index is 13.3. The van der Waals surface area contributed by atoms with Crippen LogP contribution in [0, 0.1) is 6.92 Å². The van der Waals surface area contributed by atoms with Gasteiger partial charge in [0.25, 0.3) is 5.56 Å². The number of benzene rings is 2. The first-order valence-electron chi connectivity index (χ1n) is 10.2. The summed E-state index contributed by atoms with van der Waals surface area (Å²) < 4.78 is 42.9. The summed E-state index contributed by atoms with van der Waals surface area (Å²) in [6, 6.07) is 12.0. The van der Waals surface area contributed by atoms with E-state index in [1.807, 2.05) is 25.1 Å². The zero-order valence-corrected chi connectivity index (χ0v) is 17.1. The zero-order valence-electron chi connectivity index (χ0n) is 17.1. The lowest BCUT2D eigenvalue weighted by molar-refractivity contribution is -0.137. The summed E-state index contributed by atoms with van der Waals surface area (Å²) in [6.07, 6.45) is -1.46. The lowest BCUT2D eigenvalue weighted by Gasteiger charge is -2.13. The summed E-state index contributed by atoms with van der Waals surface area (Å²) >= 11 is 0. The number of aryl methyl sites for hydroxylation is 1. The predicted molar refractivity (Wildman–Crippen MR) is 113 cm³/mol. The molecule has 0 N–H and O–H groups in total. The molecule has 0 radical (unpaired) electrons. The third kappa shape index (κ3) is 3.43. The Morgan fingerprint density at radius 2 is 1.78 bits per heavy atom. The predicted octanol–water partition coefficient (Wildman–Crippen LogP) is 4.06. The van der Waals surface area contributed by atoms with Crippen LogP contribution in [0.1, 0.15) is 35.6 Å². The lowest BCUT2D eigenvalue weighted by Crippen LogP contribution is -2.39. The maximum Gasteiger partial charge on any atom is 0.416 e. The molecule has 0 aliphatic heterocycles. The number of alkyl halides is 3. The molecule has 5 rings (SSSR count). The van der Waals surface area contributed by atoms with Crippen molar-refractivity contribution in [1.82, 2.24) is 18.7 Å². The van der Waals surface area contributed by atoms with Crippen LogP contribution in [0.5, 0.6) is 0 Å². The Labute approximate surface area is 180 Å². The molecule has 1 fully saturated rings. The second-order valence-electron chi connectivity index (χ2n) is 8.10. The largest absolute Gasteiger partial charge is 0.416 e. The topological polar surface area (TPSA) is 61.8 Å². The van der Waals surface area contributed by atoms with E-state index >= 15 is 0 Å². The molecule has 0 spiro atoms. The fraction of sp³-hybridized carbons (Fsp3) is 0.261. The van der Waals surface area contributed by atoms with E-state index in [2.05, 4.69) is 4.98 Å². The average Bonchev–Trinajstić information content (AvgIpc) is 3.48. The standard InChI is InChI=1S/C23H19F3N4O2/c1-14-3-2-4-18(11-14)29-20-19(21(31)30(22(29)32)17-9-10-17)28(13-27-20)12-15-5-7-16(8-6-15)23(24,25)26/h2-8,11,13,17H,9-10,12H2,1H3. The minimum atomic E-state index is -4.41. The van der Waals surface area contributed by atoms with E-state index in [1.165, 1.54) is 27.6 Å². The molecule has 2 aromatic heterocycles. The molecule has 6 nitrogen and oxygen atoms in total. The minimum absolute atomic E-state index is 0.148. The summed E-state index contributed by atoms with van der Waals surface area (Å²) in [5, 5.41) is 0. The maximum absolute atomic E-state index is 13.3. The van der Waals surface area contributed by atoms with Gasteiger partial charge in [-0.2, -0.15) is 13.2 Å². The molecular weight excluding hydrogens is 421 g/mol. The Morgan fingerprint density at radius 3 is 2.41 bits per heavy atom. The number of imidazole rings is 1. The number of hydrogen-bond donors (Lipinski definition) is 0. The molecular formula is C23H19F3N4O2. The molecule has 0 unspecified atom stereocenters. The molecule has 9 heteroatoms. The van der Waals surface area contributed by atoms with Crippen LogP contribution in [-0.2, 0) is 12.7 Å². The Kier molecular flexibility index (Phi) is 4.58. The highest BCUT2D eigenvalue weighted by molar-refractivity contribution is 5.72. The molecule has 1 aliphatic rings. The Balaban J connectivity index is 1.68. The van der Waals surface area contributed by atoms with Crippen molar-refractivity contribution >= 4 is 11.2 Å². The van der Waals surface area contributed by atoms with Crippen LogP contribution in [0.25, 0.3) is 16.9 Å². The number of rotatable bonds is 4. The van der Waals surface area contributed by atoms with Crippen LogP contribution in [0.4, 0.5) is 13.2 Å². The first kappa shape index (κ1) is 20.3. The minimum Gasteiger partial charge on any atom is -0.320 e. The molecule has 0 bridgehead atoms. The van der Waals surface area contributed by atoms with Crippen LogP contribution < -0.4 is 11.2 Å². The van der Waals surface area contributed by atoms with Gasteiger partial charge < -0.3 is 4.57 Å². The average molecular weight is 440 g/mol. The zero-order chi connectivity index (χ0) is 22.6. The van der Waals surface area contributed by atoms with Crippen molar-refractivity contribution in [2.24, 2.45) is 0 Å². The second kappa shape index (κ2) is 7.22. The number of fused-ring (bicyclic) bond motifs is 1. The molecule has 1 aliphatic carbocycles. The van der Waals surface area contributed by atoms with E-state index in [0.29, 0.717) is 11.3 Å². The van der Waals surface area contributed by atoms with Crippen molar-refractivity contribution in [1.29, 1.82) is 0 Å². The van der Waals surface area contributed by atoms with Crippen LogP contribution in [0.3, 0.4) is 0 Å². The van der Waals surface area contributed by atoms with Gasteiger partial charge in [0.05, 0.1) is 17.6 Å². The number of nitrogens with zero attached hydrogens (tertiary/aromatic N) is 4. The van der Waals surface area contributed by atoms with Crippen LogP contribution >= 0.6 is 0 Å². The Bertz CT molecular complexity index is 1440. The summed E-state index contributed by atoms with van der Waals surface area (Å²) in [6.45, 7) is 2.06. The fourth-order valence-electron chi connectivity index (χ4n) is 3.92. The van der Waals surface area contributed by atoms with Crippen LogP contribution in [0.15, 0.2) is 64.4 Å². The molecule has 32 heavy (non-hydrogen) atoms. The van der Waals surface area contributed by atoms with E-state index < -0.39 is 23.0 Å². The fourth-order valence-corrected chi connectivity index (χ4v) is 3.92. The van der Waals surface area contributed by atoms with E-state index in [4.69, 9.17) is 0 Å². The van der Waals surface area contributed by atoms with Gasteiger partial charge in [0.2, 0.25) is 0 Å². The van der Waals surface area contributed by atoms with Crippen molar-refractivity contribution < 1.29 is 13.2 Å². The molecule has 0 saturated heterocycles. The van der Waals surface area contributed by atoms with Gasteiger partial charge in [-0.3, -0.25) is 9.36 Å². The van der Waals surface area contributed by atoms with Gasteiger partial charge in [-0.1, -0.05) is 24.3 Å². The molecule has 0 atom stereocenters. The van der Waals surface area contributed by atoms with Gasteiger partial charge >= 0.3 is 11.9 Å². The number of hydrogen-bond acceptors (Lipinski definition) is 3. The van der Waals surface area contributed by atoms with Crippen molar-refractivity contribution in [3.05, 3.63) is 92.4 Å². The van der Waals surface area contributed by atoms with Crippen LogP contribution in [-0.4, -0.2) is 18.7 Å². The summed E-state index contributed by atoms with van der Waals surface area (Å²) in [4.78, 5) is 30.9. The Morgan fingerprint density at radius 1 is 1.06 bits per heavy atom. The van der Waals surface area contributed by atoms with E-state index in [0.717, 1.165) is 30.5 Å². The van der Waals surface area contributed by atoms with Gasteiger partial charge in [0.1, 0.15) is 0 Å². The molecule has 2 aromatic carbocycles. The quantitative estimate of drug-likeness (QED) is 0.481. The molecule has 4 aromatic rings. The summed E-state index contributed by atoms with van der Waals surface area (Å²) in [5.74, 6) is 0. The van der Waals surface area contributed by atoms with Crippen LogP contribution in [0.2, 0.25) is 0 Å². The van der Waals surface area contributed by atoms with Crippen molar-refractivity contribution in [2.75, 3.05) is 0 Å².